The van der Waals surface area contributed by atoms with Crippen LogP contribution < -0.4 is 10.1 Å². The van der Waals surface area contributed by atoms with Crippen molar-refractivity contribution in [2.75, 3.05) is 20.2 Å². The summed E-state index contributed by atoms with van der Waals surface area (Å²) in [6, 6.07) is 6.16. The minimum atomic E-state index is 0.896. The third-order valence-corrected chi connectivity index (χ3v) is 2.80. The maximum atomic E-state index is 5.20. The van der Waals surface area contributed by atoms with Crippen LogP contribution in [0.4, 0.5) is 0 Å². The topological polar surface area (TPSA) is 37.0 Å². The first-order chi connectivity index (χ1) is 7.85. The number of ether oxygens (including phenoxy) is 1. The fraction of sp³-hybridized carbons (Fsp3) is 0.385. The third-order valence-electron chi connectivity index (χ3n) is 2.80. The quantitative estimate of drug-likeness (QED) is 0.756. The zero-order valence-electron chi connectivity index (χ0n) is 9.84. The first kappa shape index (κ1) is 11.0. The summed E-state index contributed by atoms with van der Waals surface area (Å²) in [6.45, 7) is 4.17. The predicted octanol–water partition coefficient (Wildman–Crippen LogP) is 2.33. The van der Waals surface area contributed by atoms with E-state index in [9.17, 15) is 0 Å². The molecular weight excluding hydrogens is 200 g/mol. The Morgan fingerprint density at radius 2 is 2.25 bits per heavy atom. The fourth-order valence-electron chi connectivity index (χ4n) is 1.90. The van der Waals surface area contributed by atoms with E-state index in [-0.39, 0.29) is 0 Å². The van der Waals surface area contributed by atoms with Gasteiger partial charge in [0.25, 0.3) is 0 Å². The largest absolute Gasteiger partial charge is 0.497 e. The van der Waals surface area contributed by atoms with Gasteiger partial charge in [-0.3, -0.25) is 0 Å². The molecule has 0 radical (unpaired) electrons. The Morgan fingerprint density at radius 1 is 1.38 bits per heavy atom. The Kier molecular flexibility index (Phi) is 3.47. The van der Waals surface area contributed by atoms with E-state index < -0.39 is 0 Å². The zero-order chi connectivity index (χ0) is 11.4. The summed E-state index contributed by atoms with van der Waals surface area (Å²) in [5.41, 5.74) is 2.50. The van der Waals surface area contributed by atoms with Gasteiger partial charge >= 0.3 is 0 Å². The molecule has 1 aromatic heterocycles. The van der Waals surface area contributed by atoms with Gasteiger partial charge in [0.15, 0.2) is 0 Å². The molecule has 2 rings (SSSR count). The predicted molar refractivity (Wildman–Crippen MR) is 67.1 cm³/mol. The van der Waals surface area contributed by atoms with Crippen LogP contribution in [0.25, 0.3) is 10.9 Å². The van der Waals surface area contributed by atoms with Crippen molar-refractivity contribution in [3.8, 4) is 5.75 Å². The Morgan fingerprint density at radius 3 is 3.00 bits per heavy atom. The standard InChI is InChI=1S/C13H18N2O/c1-3-14-7-6-10-9-15-13-8-11(16-2)4-5-12(10)13/h4-5,8-9,14-15H,3,6-7H2,1-2H3. The number of aromatic amines is 1. The molecule has 0 amide bonds. The van der Waals surface area contributed by atoms with Gasteiger partial charge in [0, 0.05) is 23.2 Å². The van der Waals surface area contributed by atoms with Crippen LogP contribution in [0.5, 0.6) is 5.75 Å². The Labute approximate surface area is 95.8 Å². The molecule has 0 unspecified atom stereocenters. The smallest absolute Gasteiger partial charge is 0.120 e. The van der Waals surface area contributed by atoms with Crippen LogP contribution in [0.1, 0.15) is 12.5 Å². The summed E-state index contributed by atoms with van der Waals surface area (Å²) in [7, 11) is 1.69. The molecule has 3 heteroatoms. The third kappa shape index (κ3) is 2.19. The molecule has 0 bridgehead atoms. The first-order valence-corrected chi connectivity index (χ1v) is 5.70. The minimum absolute atomic E-state index is 0.896. The number of benzene rings is 1. The normalized spacial score (nSPS) is 10.9. The van der Waals surface area contributed by atoms with Gasteiger partial charge in [-0.1, -0.05) is 6.92 Å². The molecule has 16 heavy (non-hydrogen) atoms. The fourth-order valence-corrected chi connectivity index (χ4v) is 1.90. The second-order valence-electron chi connectivity index (χ2n) is 3.83. The molecular formula is C13H18N2O. The van der Waals surface area contributed by atoms with E-state index >= 15 is 0 Å². The van der Waals surface area contributed by atoms with Crippen LogP contribution in [0.3, 0.4) is 0 Å². The van der Waals surface area contributed by atoms with Crippen LogP contribution in [0.2, 0.25) is 0 Å². The van der Waals surface area contributed by atoms with Gasteiger partial charge in [0.1, 0.15) is 5.75 Å². The van der Waals surface area contributed by atoms with E-state index in [4.69, 9.17) is 4.74 Å². The molecule has 0 aliphatic carbocycles. The summed E-state index contributed by atoms with van der Waals surface area (Å²) >= 11 is 0. The molecule has 0 spiro atoms. The van der Waals surface area contributed by atoms with Crippen molar-refractivity contribution in [3.05, 3.63) is 30.0 Å². The SMILES string of the molecule is CCNCCc1c[nH]c2cc(OC)ccc12. The number of H-pyrrole nitrogens is 1. The summed E-state index contributed by atoms with van der Waals surface area (Å²) in [5.74, 6) is 0.896. The number of aromatic nitrogens is 1. The molecule has 86 valence electrons. The van der Waals surface area contributed by atoms with Gasteiger partial charge in [-0.05, 0) is 37.2 Å². The van der Waals surface area contributed by atoms with Gasteiger partial charge in [-0.15, -0.1) is 0 Å². The second-order valence-corrected chi connectivity index (χ2v) is 3.83. The van der Waals surface area contributed by atoms with Crippen LogP contribution in [-0.2, 0) is 6.42 Å². The molecule has 1 heterocycles. The van der Waals surface area contributed by atoms with Gasteiger partial charge < -0.3 is 15.0 Å². The van der Waals surface area contributed by atoms with E-state index in [1.54, 1.807) is 7.11 Å². The maximum Gasteiger partial charge on any atom is 0.120 e. The molecule has 0 saturated carbocycles. The molecule has 0 saturated heterocycles. The van der Waals surface area contributed by atoms with Crippen LogP contribution in [-0.4, -0.2) is 25.2 Å². The first-order valence-electron chi connectivity index (χ1n) is 5.70. The van der Waals surface area contributed by atoms with Crippen molar-refractivity contribution < 1.29 is 4.74 Å². The van der Waals surface area contributed by atoms with Gasteiger partial charge in [0.2, 0.25) is 0 Å². The van der Waals surface area contributed by atoms with Crippen molar-refractivity contribution in [1.82, 2.24) is 10.3 Å². The Bertz CT molecular complexity index is 462. The summed E-state index contributed by atoms with van der Waals surface area (Å²) in [4.78, 5) is 3.28. The number of methoxy groups -OCH3 is 1. The number of fused-ring (bicyclic) bond motifs is 1. The van der Waals surface area contributed by atoms with Crippen LogP contribution in [0, 0.1) is 0 Å². The van der Waals surface area contributed by atoms with Crippen molar-refractivity contribution in [3.63, 3.8) is 0 Å². The lowest BCUT2D eigenvalue weighted by molar-refractivity contribution is 0.415. The summed E-state index contributed by atoms with van der Waals surface area (Å²) < 4.78 is 5.20. The van der Waals surface area contributed by atoms with E-state index in [1.807, 2.05) is 12.1 Å². The highest BCUT2D eigenvalue weighted by atomic mass is 16.5. The molecule has 0 atom stereocenters. The van der Waals surface area contributed by atoms with Gasteiger partial charge in [-0.25, -0.2) is 0 Å². The zero-order valence-corrected chi connectivity index (χ0v) is 9.84. The van der Waals surface area contributed by atoms with Gasteiger partial charge in [0.05, 0.1) is 7.11 Å². The summed E-state index contributed by atoms with van der Waals surface area (Å²) in [6.07, 6.45) is 3.14. The van der Waals surface area contributed by atoms with Crippen LogP contribution in [0.15, 0.2) is 24.4 Å². The summed E-state index contributed by atoms with van der Waals surface area (Å²) in [5, 5.41) is 4.63. The lowest BCUT2D eigenvalue weighted by Gasteiger charge is -2.02. The lowest BCUT2D eigenvalue weighted by atomic mass is 10.1. The molecule has 1 aromatic carbocycles. The van der Waals surface area contributed by atoms with Gasteiger partial charge in [-0.2, -0.15) is 0 Å². The molecule has 2 N–H and O–H groups in total. The highest BCUT2D eigenvalue weighted by molar-refractivity contribution is 5.84. The lowest BCUT2D eigenvalue weighted by Crippen LogP contribution is -2.15. The van der Waals surface area contributed by atoms with E-state index in [2.05, 4.69) is 29.5 Å². The van der Waals surface area contributed by atoms with Crippen LogP contribution >= 0.6 is 0 Å². The number of rotatable bonds is 5. The highest BCUT2D eigenvalue weighted by Gasteiger charge is 2.03. The average molecular weight is 218 g/mol. The molecule has 0 fully saturated rings. The molecule has 3 nitrogen and oxygen atoms in total. The monoisotopic (exact) mass is 218 g/mol. The Balaban J connectivity index is 2.20. The highest BCUT2D eigenvalue weighted by Crippen LogP contribution is 2.23. The average Bonchev–Trinajstić information content (AvgIpc) is 2.72. The van der Waals surface area contributed by atoms with Crippen molar-refractivity contribution in [2.45, 2.75) is 13.3 Å². The van der Waals surface area contributed by atoms with E-state index in [1.165, 1.54) is 10.9 Å². The van der Waals surface area contributed by atoms with Crippen molar-refractivity contribution in [2.24, 2.45) is 0 Å². The number of hydrogen-bond donors (Lipinski definition) is 2. The molecule has 2 aromatic rings. The second kappa shape index (κ2) is 5.03. The maximum absolute atomic E-state index is 5.20. The van der Waals surface area contributed by atoms with E-state index in [0.717, 1.165) is 30.8 Å². The molecule has 0 aliphatic rings. The minimum Gasteiger partial charge on any atom is -0.497 e. The van der Waals surface area contributed by atoms with Crippen molar-refractivity contribution in [1.29, 1.82) is 0 Å². The Hall–Kier alpha value is -1.48. The van der Waals surface area contributed by atoms with Crippen molar-refractivity contribution >= 4 is 10.9 Å². The number of nitrogens with one attached hydrogen (secondary N) is 2. The molecule has 0 aliphatic heterocycles. The van der Waals surface area contributed by atoms with E-state index in [0.29, 0.717) is 0 Å². The number of likely N-dealkylation sites (N-methyl/N-ethyl adjacent to an activating group) is 1. The number of hydrogen-bond acceptors (Lipinski definition) is 2.